The van der Waals surface area contributed by atoms with E-state index in [0.29, 0.717) is 11.4 Å². The fraction of sp³-hybridized carbons (Fsp3) is 0.538. The minimum absolute atomic E-state index is 0.0000651. The first-order valence-electron chi connectivity index (χ1n) is 6.36. The van der Waals surface area contributed by atoms with Crippen molar-refractivity contribution in [1.82, 2.24) is 4.72 Å². The maximum Gasteiger partial charge on any atom is 0.240 e. The molecule has 0 saturated carbocycles. The van der Waals surface area contributed by atoms with Gasteiger partial charge in [-0.3, -0.25) is 0 Å². The summed E-state index contributed by atoms with van der Waals surface area (Å²) in [6, 6.07) is 5.01. The zero-order valence-electron chi connectivity index (χ0n) is 10.9. The first kappa shape index (κ1) is 15.0. The van der Waals surface area contributed by atoms with Crippen LogP contribution in [0, 0.1) is 6.92 Å². The summed E-state index contributed by atoms with van der Waals surface area (Å²) in [5, 5.41) is 0. The van der Waals surface area contributed by atoms with Gasteiger partial charge in [0.25, 0.3) is 0 Å². The van der Waals surface area contributed by atoms with Crippen molar-refractivity contribution in [3.63, 3.8) is 0 Å². The molecule has 1 unspecified atom stereocenters. The summed E-state index contributed by atoms with van der Waals surface area (Å²) in [4.78, 5) is 0.295. The molecule has 2 rings (SSSR count). The van der Waals surface area contributed by atoms with Gasteiger partial charge in [-0.2, -0.15) is 0 Å². The van der Waals surface area contributed by atoms with Crippen LogP contribution in [0.1, 0.15) is 24.8 Å². The van der Waals surface area contributed by atoms with Crippen LogP contribution in [0.15, 0.2) is 27.6 Å². The summed E-state index contributed by atoms with van der Waals surface area (Å²) in [6.45, 7) is 2.94. The molecule has 106 valence electrons. The van der Waals surface area contributed by atoms with Crippen LogP contribution in [0.2, 0.25) is 0 Å². The smallest absolute Gasteiger partial charge is 0.240 e. The van der Waals surface area contributed by atoms with Crippen LogP contribution in [0.3, 0.4) is 0 Å². The molecule has 1 fully saturated rings. The number of halogens is 1. The van der Waals surface area contributed by atoms with E-state index in [4.69, 9.17) is 4.74 Å². The Kier molecular flexibility index (Phi) is 5.00. The molecule has 1 saturated heterocycles. The highest BCUT2D eigenvalue weighted by atomic mass is 79.9. The highest BCUT2D eigenvalue weighted by Crippen LogP contribution is 2.20. The predicted molar refractivity (Wildman–Crippen MR) is 77.7 cm³/mol. The quantitative estimate of drug-likeness (QED) is 0.910. The number of hydrogen-bond acceptors (Lipinski definition) is 3. The van der Waals surface area contributed by atoms with Gasteiger partial charge in [0.1, 0.15) is 0 Å². The Morgan fingerprint density at radius 1 is 1.42 bits per heavy atom. The first-order valence-corrected chi connectivity index (χ1v) is 8.64. The Morgan fingerprint density at radius 3 is 2.84 bits per heavy atom. The number of hydrogen-bond donors (Lipinski definition) is 1. The van der Waals surface area contributed by atoms with Gasteiger partial charge < -0.3 is 4.74 Å². The van der Waals surface area contributed by atoms with Crippen LogP contribution in [-0.4, -0.2) is 27.7 Å². The standard InChI is InChI=1S/C13H18BrNO3S/c1-10-8-12(5-6-13(10)14)19(16,17)15-9-11-4-2-3-7-18-11/h5-6,8,11,15H,2-4,7,9H2,1H3. The second-order valence-electron chi connectivity index (χ2n) is 4.75. The molecule has 0 bridgehead atoms. The van der Waals surface area contributed by atoms with Crippen LogP contribution < -0.4 is 4.72 Å². The van der Waals surface area contributed by atoms with Crippen molar-refractivity contribution < 1.29 is 13.2 Å². The largest absolute Gasteiger partial charge is 0.377 e. The molecular formula is C13H18BrNO3S. The van der Waals surface area contributed by atoms with Crippen molar-refractivity contribution in [3.05, 3.63) is 28.2 Å². The van der Waals surface area contributed by atoms with E-state index in [0.717, 1.165) is 35.9 Å². The number of nitrogens with one attached hydrogen (secondary N) is 1. The van der Waals surface area contributed by atoms with Crippen LogP contribution in [-0.2, 0) is 14.8 Å². The molecule has 0 spiro atoms. The molecule has 4 nitrogen and oxygen atoms in total. The third-order valence-electron chi connectivity index (χ3n) is 3.21. The van der Waals surface area contributed by atoms with Crippen molar-refractivity contribution in [1.29, 1.82) is 0 Å². The van der Waals surface area contributed by atoms with E-state index < -0.39 is 10.0 Å². The lowest BCUT2D eigenvalue weighted by Crippen LogP contribution is -2.35. The number of sulfonamides is 1. The van der Waals surface area contributed by atoms with Gasteiger partial charge in [0.15, 0.2) is 0 Å². The molecule has 6 heteroatoms. The molecular weight excluding hydrogens is 330 g/mol. The normalized spacial score (nSPS) is 20.4. The van der Waals surface area contributed by atoms with Gasteiger partial charge in [0.2, 0.25) is 10.0 Å². The van der Waals surface area contributed by atoms with E-state index in [1.165, 1.54) is 0 Å². The maximum absolute atomic E-state index is 12.2. The monoisotopic (exact) mass is 347 g/mol. The topological polar surface area (TPSA) is 55.4 Å². The lowest BCUT2D eigenvalue weighted by atomic mass is 10.1. The molecule has 0 radical (unpaired) electrons. The summed E-state index contributed by atoms with van der Waals surface area (Å²) in [5.74, 6) is 0. The Hall–Kier alpha value is -0.430. The molecule has 0 aromatic heterocycles. The molecule has 0 amide bonds. The van der Waals surface area contributed by atoms with Gasteiger partial charge in [-0.15, -0.1) is 0 Å². The lowest BCUT2D eigenvalue weighted by molar-refractivity contribution is 0.0200. The molecule has 1 aromatic rings. The average molecular weight is 348 g/mol. The fourth-order valence-electron chi connectivity index (χ4n) is 2.04. The number of aryl methyl sites for hydroxylation is 1. The van der Waals surface area contributed by atoms with E-state index in [9.17, 15) is 8.42 Å². The highest BCUT2D eigenvalue weighted by molar-refractivity contribution is 9.10. The highest BCUT2D eigenvalue weighted by Gasteiger charge is 2.19. The molecule has 1 aliphatic heterocycles. The molecule has 1 heterocycles. The Balaban J connectivity index is 2.02. The van der Waals surface area contributed by atoms with E-state index in [2.05, 4.69) is 20.7 Å². The summed E-state index contributed by atoms with van der Waals surface area (Å²) in [5.41, 5.74) is 0.900. The molecule has 1 aliphatic rings. The number of benzene rings is 1. The molecule has 19 heavy (non-hydrogen) atoms. The molecule has 1 atom stereocenters. The maximum atomic E-state index is 12.2. The summed E-state index contributed by atoms with van der Waals surface area (Å²) in [6.07, 6.45) is 3.08. The molecule has 1 aromatic carbocycles. The van der Waals surface area contributed by atoms with E-state index in [1.807, 2.05) is 6.92 Å². The van der Waals surface area contributed by atoms with Crippen molar-refractivity contribution in [2.24, 2.45) is 0 Å². The summed E-state index contributed by atoms with van der Waals surface area (Å²) in [7, 11) is -3.45. The summed E-state index contributed by atoms with van der Waals surface area (Å²) >= 11 is 3.36. The lowest BCUT2D eigenvalue weighted by Gasteiger charge is -2.22. The minimum Gasteiger partial charge on any atom is -0.377 e. The number of rotatable bonds is 4. The second-order valence-corrected chi connectivity index (χ2v) is 7.37. The first-order chi connectivity index (χ1) is 8.99. The van der Waals surface area contributed by atoms with Crippen LogP contribution in [0.5, 0.6) is 0 Å². The molecule has 0 aliphatic carbocycles. The van der Waals surface area contributed by atoms with Crippen LogP contribution >= 0.6 is 15.9 Å². The van der Waals surface area contributed by atoms with Gasteiger partial charge in [0.05, 0.1) is 11.0 Å². The van der Waals surface area contributed by atoms with E-state index >= 15 is 0 Å². The van der Waals surface area contributed by atoms with E-state index in [-0.39, 0.29) is 6.10 Å². The Morgan fingerprint density at radius 2 is 2.21 bits per heavy atom. The van der Waals surface area contributed by atoms with Gasteiger partial charge in [0, 0.05) is 17.6 Å². The van der Waals surface area contributed by atoms with Gasteiger partial charge >= 0.3 is 0 Å². The van der Waals surface area contributed by atoms with Crippen molar-refractivity contribution in [2.45, 2.75) is 37.2 Å². The van der Waals surface area contributed by atoms with Crippen molar-refractivity contribution in [2.75, 3.05) is 13.2 Å². The minimum atomic E-state index is -3.45. The Bertz CT molecular complexity index is 539. The zero-order valence-corrected chi connectivity index (χ0v) is 13.3. The SMILES string of the molecule is Cc1cc(S(=O)(=O)NCC2CCCCO2)ccc1Br. The average Bonchev–Trinajstić information content (AvgIpc) is 2.41. The molecule has 1 N–H and O–H groups in total. The summed E-state index contributed by atoms with van der Waals surface area (Å²) < 4.78 is 33.4. The zero-order chi connectivity index (χ0) is 13.9. The van der Waals surface area contributed by atoms with Crippen molar-refractivity contribution >= 4 is 26.0 Å². The third kappa shape index (κ3) is 4.02. The third-order valence-corrected chi connectivity index (χ3v) is 5.53. The van der Waals surface area contributed by atoms with Gasteiger partial charge in [-0.05, 0) is 49.9 Å². The van der Waals surface area contributed by atoms with Crippen LogP contribution in [0.25, 0.3) is 0 Å². The fourth-order valence-corrected chi connectivity index (χ4v) is 3.44. The van der Waals surface area contributed by atoms with E-state index in [1.54, 1.807) is 18.2 Å². The second kappa shape index (κ2) is 6.35. The van der Waals surface area contributed by atoms with Gasteiger partial charge in [-0.25, -0.2) is 13.1 Å². The Labute approximate surface area is 122 Å². The van der Waals surface area contributed by atoms with Gasteiger partial charge in [-0.1, -0.05) is 15.9 Å². The van der Waals surface area contributed by atoms with Crippen molar-refractivity contribution in [3.8, 4) is 0 Å². The van der Waals surface area contributed by atoms with Crippen LogP contribution in [0.4, 0.5) is 0 Å². The number of ether oxygens (including phenoxy) is 1. The predicted octanol–water partition coefficient (Wildman–Crippen LogP) is 2.60.